The van der Waals surface area contributed by atoms with Gasteiger partial charge in [-0.15, -0.1) is 0 Å². The smallest absolute Gasteiger partial charge is 0.140 e. The third-order valence-electron chi connectivity index (χ3n) is 8.87. The van der Waals surface area contributed by atoms with Crippen molar-refractivity contribution in [3.05, 3.63) is 53.9 Å². The third-order valence-corrected chi connectivity index (χ3v) is 8.87. The first-order valence-electron chi connectivity index (χ1n) is 14.3. The molecule has 0 bridgehead atoms. The van der Waals surface area contributed by atoms with Crippen LogP contribution in [0.1, 0.15) is 49.9 Å². The predicted molar refractivity (Wildman–Crippen MR) is 154 cm³/mol. The highest BCUT2D eigenvalue weighted by Gasteiger charge is 2.42. The fourth-order valence-corrected chi connectivity index (χ4v) is 5.91. The Hall–Kier alpha value is -2.90. The van der Waals surface area contributed by atoms with Gasteiger partial charge in [0.2, 0.25) is 0 Å². The summed E-state index contributed by atoms with van der Waals surface area (Å²) in [6.07, 6.45) is 4.54. The lowest BCUT2D eigenvalue weighted by atomic mass is 9.88. The first-order valence-corrected chi connectivity index (χ1v) is 14.3. The van der Waals surface area contributed by atoms with Crippen LogP contribution in [0.4, 0.5) is 11.5 Å². The Morgan fingerprint density at radius 1 is 1.03 bits per heavy atom. The fraction of sp³-hybridized carbons (Fsp3) is 0.548. The van der Waals surface area contributed by atoms with E-state index in [1.807, 2.05) is 0 Å². The van der Waals surface area contributed by atoms with Gasteiger partial charge in [-0.3, -0.25) is 4.90 Å². The highest BCUT2D eigenvalue weighted by Crippen LogP contribution is 2.47. The van der Waals surface area contributed by atoms with Crippen LogP contribution in [-0.2, 0) is 10.2 Å². The normalized spacial score (nSPS) is 20.0. The van der Waals surface area contributed by atoms with Gasteiger partial charge < -0.3 is 19.3 Å². The Balaban J connectivity index is 1.25. The molecule has 202 valence electrons. The van der Waals surface area contributed by atoms with Crippen LogP contribution in [0.5, 0.6) is 5.75 Å². The van der Waals surface area contributed by atoms with Crippen molar-refractivity contribution in [2.24, 2.45) is 0 Å². The summed E-state index contributed by atoms with van der Waals surface area (Å²) in [6.45, 7) is 10.1. The van der Waals surface area contributed by atoms with E-state index in [1.165, 1.54) is 29.5 Å². The number of nitrogens with zero attached hydrogens (tertiary/aromatic N) is 5. The number of ether oxygens (including phenoxy) is 2. The Bertz CT molecular complexity index is 1260. The molecule has 7 heteroatoms. The maximum Gasteiger partial charge on any atom is 0.140 e. The largest absolute Gasteiger partial charge is 0.496 e. The number of morpholine rings is 1. The lowest BCUT2D eigenvalue weighted by molar-refractivity contribution is 0.0393. The van der Waals surface area contributed by atoms with Crippen LogP contribution in [0, 0.1) is 0 Å². The van der Waals surface area contributed by atoms with Crippen molar-refractivity contribution in [2.45, 2.75) is 43.9 Å². The highest BCUT2D eigenvalue weighted by atomic mass is 16.5. The van der Waals surface area contributed by atoms with Crippen molar-refractivity contribution in [1.82, 2.24) is 14.9 Å². The molecule has 0 amide bonds. The van der Waals surface area contributed by atoms with Gasteiger partial charge in [-0.2, -0.15) is 0 Å². The lowest BCUT2D eigenvalue weighted by Gasteiger charge is -2.34. The maximum absolute atomic E-state index is 5.67. The van der Waals surface area contributed by atoms with E-state index >= 15 is 0 Å². The number of anilines is 2. The van der Waals surface area contributed by atoms with Gasteiger partial charge in [0.1, 0.15) is 17.4 Å². The molecule has 38 heavy (non-hydrogen) atoms. The molecule has 1 aromatic heterocycles. The van der Waals surface area contributed by atoms with Gasteiger partial charge in [-0.25, -0.2) is 9.97 Å². The highest BCUT2D eigenvalue weighted by molar-refractivity contribution is 5.92. The molecule has 0 atom stereocenters. The molecule has 2 aliphatic heterocycles. The second kappa shape index (κ2) is 10.7. The fourth-order valence-electron chi connectivity index (χ4n) is 5.91. The number of piperidine rings is 1. The second-order valence-electron chi connectivity index (χ2n) is 11.5. The Morgan fingerprint density at radius 2 is 1.79 bits per heavy atom. The van der Waals surface area contributed by atoms with Gasteiger partial charge in [0.15, 0.2) is 0 Å². The van der Waals surface area contributed by atoms with Crippen molar-refractivity contribution in [2.75, 3.05) is 76.4 Å². The SMILES string of the molecule is COc1ccccc1C1CCN(c2nc(C3(C)CC3)nc3ccc(N(C)CCN4CCOCC4)cc23)CC1. The molecule has 6 rings (SSSR count). The second-order valence-corrected chi connectivity index (χ2v) is 11.5. The Labute approximate surface area is 226 Å². The van der Waals surface area contributed by atoms with Gasteiger partial charge in [-0.05, 0) is 61.4 Å². The molecule has 2 aromatic carbocycles. The molecule has 3 aromatic rings. The minimum absolute atomic E-state index is 0.131. The van der Waals surface area contributed by atoms with E-state index in [9.17, 15) is 0 Å². The summed E-state index contributed by atoms with van der Waals surface area (Å²) in [4.78, 5) is 17.7. The van der Waals surface area contributed by atoms with Crippen LogP contribution < -0.4 is 14.5 Å². The molecule has 0 unspecified atom stereocenters. The lowest BCUT2D eigenvalue weighted by Crippen LogP contribution is -2.40. The quantitative estimate of drug-likeness (QED) is 0.425. The van der Waals surface area contributed by atoms with E-state index in [4.69, 9.17) is 19.4 Å². The molecule has 3 heterocycles. The molecule has 3 fully saturated rings. The Morgan fingerprint density at radius 3 is 2.53 bits per heavy atom. The van der Waals surface area contributed by atoms with Crippen LogP contribution in [0.3, 0.4) is 0 Å². The van der Waals surface area contributed by atoms with Crippen LogP contribution in [0.2, 0.25) is 0 Å². The summed E-state index contributed by atoms with van der Waals surface area (Å²) in [5.74, 6) is 3.64. The molecule has 0 N–H and O–H groups in total. The number of fused-ring (bicyclic) bond motifs is 1. The molecule has 0 spiro atoms. The zero-order chi connectivity index (χ0) is 26.1. The zero-order valence-electron chi connectivity index (χ0n) is 23.2. The molecule has 3 aliphatic rings. The van der Waals surface area contributed by atoms with E-state index in [0.29, 0.717) is 5.92 Å². The number of hydrogen-bond donors (Lipinski definition) is 0. The molecule has 1 saturated carbocycles. The third kappa shape index (κ3) is 5.19. The van der Waals surface area contributed by atoms with E-state index < -0.39 is 0 Å². The topological polar surface area (TPSA) is 54.0 Å². The summed E-state index contributed by atoms with van der Waals surface area (Å²) >= 11 is 0. The first-order chi connectivity index (χ1) is 18.5. The first kappa shape index (κ1) is 25.4. The minimum atomic E-state index is 0.131. The summed E-state index contributed by atoms with van der Waals surface area (Å²) in [7, 11) is 3.97. The number of rotatable bonds is 8. The number of likely N-dealkylation sites (N-methyl/N-ethyl adjacent to an activating group) is 1. The summed E-state index contributed by atoms with van der Waals surface area (Å²) < 4.78 is 11.2. The minimum Gasteiger partial charge on any atom is -0.496 e. The molecular weight excluding hydrogens is 474 g/mol. The van der Waals surface area contributed by atoms with Gasteiger partial charge in [-0.1, -0.05) is 25.1 Å². The van der Waals surface area contributed by atoms with Crippen LogP contribution in [0.25, 0.3) is 10.9 Å². The van der Waals surface area contributed by atoms with E-state index in [2.05, 4.69) is 71.1 Å². The summed E-state index contributed by atoms with van der Waals surface area (Å²) in [6, 6.07) is 15.2. The number of aromatic nitrogens is 2. The molecule has 2 saturated heterocycles. The molecule has 1 aliphatic carbocycles. The number of methoxy groups -OCH3 is 1. The molecular formula is C31H41N5O2. The van der Waals surface area contributed by atoms with Crippen LogP contribution >= 0.6 is 0 Å². The van der Waals surface area contributed by atoms with Gasteiger partial charge in [0.25, 0.3) is 0 Å². The Kier molecular flexibility index (Phi) is 7.14. The summed E-state index contributed by atoms with van der Waals surface area (Å²) in [5.41, 5.74) is 3.75. The van der Waals surface area contributed by atoms with Crippen molar-refractivity contribution in [1.29, 1.82) is 0 Å². The number of para-hydroxylation sites is 1. The monoisotopic (exact) mass is 515 g/mol. The van der Waals surface area contributed by atoms with E-state index in [-0.39, 0.29) is 5.41 Å². The van der Waals surface area contributed by atoms with Gasteiger partial charge in [0.05, 0.1) is 25.8 Å². The maximum atomic E-state index is 5.67. The van der Waals surface area contributed by atoms with Crippen molar-refractivity contribution in [3.63, 3.8) is 0 Å². The van der Waals surface area contributed by atoms with E-state index in [1.54, 1.807) is 7.11 Å². The zero-order valence-corrected chi connectivity index (χ0v) is 23.2. The predicted octanol–water partition coefficient (Wildman–Crippen LogP) is 4.84. The van der Waals surface area contributed by atoms with Crippen LogP contribution in [-0.4, -0.2) is 81.5 Å². The number of hydrogen-bond acceptors (Lipinski definition) is 7. The van der Waals surface area contributed by atoms with Crippen molar-refractivity contribution < 1.29 is 9.47 Å². The van der Waals surface area contributed by atoms with E-state index in [0.717, 1.165) is 88.2 Å². The van der Waals surface area contributed by atoms with Gasteiger partial charge >= 0.3 is 0 Å². The molecule has 0 radical (unpaired) electrons. The van der Waals surface area contributed by atoms with Gasteiger partial charge in [0, 0.05) is 62.8 Å². The van der Waals surface area contributed by atoms with Crippen LogP contribution in [0.15, 0.2) is 42.5 Å². The molecule has 7 nitrogen and oxygen atoms in total. The van der Waals surface area contributed by atoms with Crippen molar-refractivity contribution >= 4 is 22.4 Å². The standard InChI is InChI=1S/C31H41N5O2/c1-31(12-13-31)30-32-27-9-8-24(34(2)16-17-35-18-20-38-21-19-35)22-26(27)29(33-30)36-14-10-23(11-15-36)25-6-4-5-7-28(25)37-3/h4-9,22-23H,10-21H2,1-3H3. The average molecular weight is 516 g/mol. The summed E-state index contributed by atoms with van der Waals surface area (Å²) in [5, 5.41) is 1.17. The van der Waals surface area contributed by atoms with Crippen molar-refractivity contribution in [3.8, 4) is 5.75 Å². The average Bonchev–Trinajstić information content (AvgIpc) is 3.74. The number of benzene rings is 2.